The van der Waals surface area contributed by atoms with Gasteiger partial charge in [-0.25, -0.2) is 0 Å². The molecule has 0 radical (unpaired) electrons. The van der Waals surface area contributed by atoms with Gasteiger partial charge >= 0.3 is 0 Å². The van der Waals surface area contributed by atoms with Crippen molar-refractivity contribution in [2.75, 3.05) is 11.8 Å². The van der Waals surface area contributed by atoms with Crippen LogP contribution in [0.1, 0.15) is 6.42 Å². The van der Waals surface area contributed by atoms with Crippen molar-refractivity contribution >= 4 is 46.4 Å². The fourth-order valence-corrected chi connectivity index (χ4v) is 1.32. The average molecular weight is 222 g/mol. The van der Waals surface area contributed by atoms with Crippen LogP contribution in [0.25, 0.3) is 0 Å². The highest BCUT2D eigenvalue weighted by Gasteiger charge is 2.03. The van der Waals surface area contributed by atoms with E-state index in [1.165, 1.54) is 0 Å². The van der Waals surface area contributed by atoms with Crippen LogP contribution in [-0.4, -0.2) is 17.1 Å². The summed E-state index contributed by atoms with van der Waals surface area (Å²) >= 11 is 22.2. The van der Waals surface area contributed by atoms with E-state index in [4.69, 9.17) is 46.4 Å². The predicted molar refractivity (Wildman–Crippen MR) is 49.6 cm³/mol. The maximum absolute atomic E-state index is 5.70. The number of allylic oxidation sites excluding steroid dienone is 2. The summed E-state index contributed by atoms with van der Waals surface area (Å²) in [4.78, 5) is 0. The molecular formula is C6H8Cl4. The van der Waals surface area contributed by atoms with E-state index in [1.807, 2.05) is 0 Å². The van der Waals surface area contributed by atoms with Gasteiger partial charge in [-0.05, 0) is 0 Å². The van der Waals surface area contributed by atoms with Crippen LogP contribution >= 0.6 is 46.4 Å². The Bertz CT molecular complexity index is 110. The summed E-state index contributed by atoms with van der Waals surface area (Å²) in [5.74, 6) is 0.832. The normalized spacial score (nSPS) is 15.4. The van der Waals surface area contributed by atoms with Gasteiger partial charge in [0.2, 0.25) is 0 Å². The summed E-state index contributed by atoms with van der Waals surface area (Å²) in [5, 5.41) is 0.587. The molecule has 0 aromatic carbocycles. The standard InChI is InChI=1S/C6H8Cl4/c7-2-1-5(9)3-6(10)4-8/h1,6H,2-4H2. The first-order valence-corrected chi connectivity index (χ1v) is 4.69. The minimum Gasteiger partial charge on any atom is -0.125 e. The van der Waals surface area contributed by atoms with Crippen LogP contribution < -0.4 is 0 Å². The van der Waals surface area contributed by atoms with Gasteiger partial charge in [0.25, 0.3) is 0 Å². The lowest BCUT2D eigenvalue weighted by Crippen LogP contribution is -1.99. The number of halogens is 4. The summed E-state index contributed by atoms with van der Waals surface area (Å²) in [7, 11) is 0. The van der Waals surface area contributed by atoms with Crippen molar-refractivity contribution in [2.45, 2.75) is 11.8 Å². The molecule has 0 aliphatic rings. The number of rotatable bonds is 4. The Kier molecular flexibility index (Phi) is 7.19. The largest absolute Gasteiger partial charge is 0.125 e. The first-order chi connectivity index (χ1) is 4.70. The summed E-state index contributed by atoms with van der Waals surface area (Å²) < 4.78 is 0. The molecule has 0 aromatic rings. The quantitative estimate of drug-likeness (QED) is 0.637. The minimum absolute atomic E-state index is 0.0892. The molecular weight excluding hydrogens is 214 g/mol. The number of hydrogen-bond acceptors (Lipinski definition) is 0. The van der Waals surface area contributed by atoms with E-state index in [0.717, 1.165) is 0 Å². The van der Waals surface area contributed by atoms with Crippen molar-refractivity contribution in [3.8, 4) is 0 Å². The van der Waals surface area contributed by atoms with Gasteiger partial charge in [0.05, 0.1) is 5.38 Å². The van der Waals surface area contributed by atoms with Crippen molar-refractivity contribution < 1.29 is 0 Å². The number of alkyl halides is 3. The van der Waals surface area contributed by atoms with Crippen molar-refractivity contribution in [1.82, 2.24) is 0 Å². The molecule has 10 heavy (non-hydrogen) atoms. The smallest absolute Gasteiger partial charge is 0.0520 e. The predicted octanol–water partition coefficient (Wildman–Crippen LogP) is 3.58. The molecule has 0 aliphatic carbocycles. The molecule has 0 bridgehead atoms. The maximum Gasteiger partial charge on any atom is 0.0520 e. The minimum atomic E-state index is -0.0892. The van der Waals surface area contributed by atoms with E-state index >= 15 is 0 Å². The molecule has 60 valence electrons. The van der Waals surface area contributed by atoms with Gasteiger partial charge in [0.1, 0.15) is 0 Å². The zero-order valence-corrected chi connectivity index (χ0v) is 8.31. The summed E-state index contributed by atoms with van der Waals surface area (Å²) in [6.07, 6.45) is 2.31. The van der Waals surface area contributed by atoms with Gasteiger partial charge in [-0.3, -0.25) is 0 Å². The Labute approximate surface area is 81.1 Å². The Morgan fingerprint density at radius 3 is 2.40 bits per heavy atom. The highest BCUT2D eigenvalue weighted by molar-refractivity contribution is 6.32. The topological polar surface area (TPSA) is 0 Å². The van der Waals surface area contributed by atoms with Gasteiger partial charge in [-0.2, -0.15) is 0 Å². The van der Waals surface area contributed by atoms with Crippen LogP contribution in [0, 0.1) is 0 Å². The lowest BCUT2D eigenvalue weighted by molar-refractivity contribution is 0.960. The maximum atomic E-state index is 5.70. The molecule has 0 spiro atoms. The zero-order valence-electron chi connectivity index (χ0n) is 5.29. The Balaban J connectivity index is 3.56. The third kappa shape index (κ3) is 5.67. The second kappa shape index (κ2) is 6.60. The van der Waals surface area contributed by atoms with Gasteiger partial charge < -0.3 is 0 Å². The lowest BCUT2D eigenvalue weighted by Gasteiger charge is -2.01. The molecule has 0 aromatic heterocycles. The number of hydrogen-bond donors (Lipinski definition) is 0. The fourth-order valence-electron chi connectivity index (χ4n) is 0.433. The lowest BCUT2D eigenvalue weighted by atomic mass is 10.3. The van der Waals surface area contributed by atoms with Gasteiger partial charge in [-0.1, -0.05) is 17.7 Å². The molecule has 1 unspecified atom stereocenters. The van der Waals surface area contributed by atoms with Crippen LogP contribution in [0.2, 0.25) is 0 Å². The highest BCUT2D eigenvalue weighted by atomic mass is 35.5. The molecule has 0 fully saturated rings. The van der Waals surface area contributed by atoms with Crippen molar-refractivity contribution in [1.29, 1.82) is 0 Å². The molecule has 0 N–H and O–H groups in total. The second-order valence-electron chi connectivity index (χ2n) is 1.76. The summed E-state index contributed by atoms with van der Waals surface area (Å²) in [6.45, 7) is 0. The van der Waals surface area contributed by atoms with Crippen LogP contribution in [0.5, 0.6) is 0 Å². The third-order valence-electron chi connectivity index (χ3n) is 0.883. The van der Waals surface area contributed by atoms with Crippen LogP contribution in [-0.2, 0) is 0 Å². The van der Waals surface area contributed by atoms with Crippen molar-refractivity contribution in [3.63, 3.8) is 0 Å². The van der Waals surface area contributed by atoms with Crippen molar-refractivity contribution in [3.05, 3.63) is 11.1 Å². The van der Waals surface area contributed by atoms with E-state index in [-0.39, 0.29) is 5.38 Å². The molecule has 0 heterocycles. The Hall–Kier alpha value is 0.900. The van der Waals surface area contributed by atoms with E-state index in [0.29, 0.717) is 23.2 Å². The van der Waals surface area contributed by atoms with Crippen LogP contribution in [0.15, 0.2) is 11.1 Å². The Morgan fingerprint density at radius 1 is 1.40 bits per heavy atom. The Morgan fingerprint density at radius 2 is 2.00 bits per heavy atom. The van der Waals surface area contributed by atoms with Gasteiger partial charge in [-0.15, -0.1) is 34.8 Å². The van der Waals surface area contributed by atoms with E-state index in [1.54, 1.807) is 6.08 Å². The zero-order chi connectivity index (χ0) is 7.98. The highest BCUT2D eigenvalue weighted by Crippen LogP contribution is 2.15. The van der Waals surface area contributed by atoms with Crippen LogP contribution in [0.3, 0.4) is 0 Å². The first kappa shape index (κ1) is 10.9. The molecule has 0 saturated heterocycles. The van der Waals surface area contributed by atoms with E-state index in [9.17, 15) is 0 Å². The molecule has 0 saturated carbocycles. The van der Waals surface area contributed by atoms with E-state index in [2.05, 4.69) is 0 Å². The van der Waals surface area contributed by atoms with E-state index < -0.39 is 0 Å². The fraction of sp³-hybridized carbons (Fsp3) is 0.667. The monoisotopic (exact) mass is 220 g/mol. The van der Waals surface area contributed by atoms with Crippen LogP contribution in [0.4, 0.5) is 0 Å². The SMILES string of the molecule is ClCC=C(Cl)CC(Cl)CCl. The van der Waals surface area contributed by atoms with Crippen molar-refractivity contribution in [2.24, 2.45) is 0 Å². The average Bonchev–Trinajstić information content (AvgIpc) is 1.88. The second-order valence-corrected chi connectivity index (χ2v) is 3.48. The van der Waals surface area contributed by atoms with Gasteiger partial charge in [0, 0.05) is 23.2 Å². The summed E-state index contributed by atoms with van der Waals surface area (Å²) in [6, 6.07) is 0. The third-order valence-corrected chi connectivity index (χ3v) is 2.18. The first-order valence-electron chi connectivity index (χ1n) is 2.81. The molecule has 0 amide bonds. The van der Waals surface area contributed by atoms with Gasteiger partial charge in [0.15, 0.2) is 0 Å². The molecule has 0 nitrogen and oxygen atoms in total. The molecule has 1 atom stereocenters. The summed E-state index contributed by atoms with van der Waals surface area (Å²) in [5.41, 5.74) is 0. The molecule has 0 rings (SSSR count). The molecule has 0 aliphatic heterocycles. The molecule has 4 heteroatoms.